The lowest BCUT2D eigenvalue weighted by Gasteiger charge is -2.14. The van der Waals surface area contributed by atoms with Crippen molar-refractivity contribution in [3.05, 3.63) is 70.2 Å². The van der Waals surface area contributed by atoms with Gasteiger partial charge in [-0.3, -0.25) is 0 Å². The fourth-order valence-corrected chi connectivity index (χ4v) is 2.48. The van der Waals surface area contributed by atoms with Crippen LogP contribution in [0.15, 0.2) is 42.5 Å². The van der Waals surface area contributed by atoms with Gasteiger partial charge in [-0.2, -0.15) is 0 Å². The van der Waals surface area contributed by atoms with Crippen LogP contribution in [0.1, 0.15) is 11.1 Å². The van der Waals surface area contributed by atoms with Crippen LogP contribution in [0.5, 0.6) is 0 Å². The highest BCUT2D eigenvalue weighted by Gasteiger charge is 2.11. The lowest BCUT2D eigenvalue weighted by atomic mass is 9.94. The summed E-state index contributed by atoms with van der Waals surface area (Å²) in [5.41, 5.74) is 1.88. The molecule has 1 unspecified atom stereocenters. The molecule has 0 fully saturated rings. The van der Waals surface area contributed by atoms with Gasteiger partial charge in [0.2, 0.25) is 0 Å². The van der Waals surface area contributed by atoms with Crippen LogP contribution in [0.3, 0.4) is 0 Å². The second-order valence-corrected chi connectivity index (χ2v) is 5.55. The predicted molar refractivity (Wildman–Crippen MR) is 79.4 cm³/mol. The van der Waals surface area contributed by atoms with Crippen LogP contribution in [0.2, 0.25) is 5.02 Å². The van der Waals surface area contributed by atoms with E-state index in [1.807, 2.05) is 24.3 Å². The fraction of sp³-hybridized carbons (Fsp3) is 0.250. The monoisotopic (exact) mass is 314 g/mol. The van der Waals surface area contributed by atoms with Crippen molar-refractivity contribution in [1.29, 1.82) is 0 Å². The van der Waals surface area contributed by atoms with E-state index in [1.165, 1.54) is 6.07 Å². The smallest absolute Gasteiger partial charge is 0.159 e. The minimum absolute atomic E-state index is 0.169. The first-order valence-corrected chi connectivity index (χ1v) is 7.24. The fourth-order valence-electron chi connectivity index (χ4n) is 2.14. The van der Waals surface area contributed by atoms with Gasteiger partial charge in [-0.15, -0.1) is 11.6 Å². The molecule has 106 valence electrons. The molecular formula is C16H14Cl2F2. The third-order valence-electron chi connectivity index (χ3n) is 3.16. The van der Waals surface area contributed by atoms with Gasteiger partial charge in [0, 0.05) is 10.9 Å². The summed E-state index contributed by atoms with van der Waals surface area (Å²) in [5.74, 6) is -1.01. The zero-order valence-corrected chi connectivity index (χ0v) is 12.3. The van der Waals surface area contributed by atoms with Crippen LogP contribution < -0.4 is 0 Å². The Hall–Kier alpha value is -1.12. The summed E-state index contributed by atoms with van der Waals surface area (Å²) >= 11 is 11.8. The molecule has 1 atom stereocenters. The van der Waals surface area contributed by atoms with Crippen LogP contribution in [-0.2, 0) is 12.8 Å². The lowest BCUT2D eigenvalue weighted by Crippen LogP contribution is -2.10. The Morgan fingerprint density at radius 3 is 2.05 bits per heavy atom. The zero-order valence-electron chi connectivity index (χ0n) is 10.8. The van der Waals surface area contributed by atoms with E-state index < -0.39 is 11.6 Å². The molecule has 4 heteroatoms. The maximum atomic E-state index is 13.2. The van der Waals surface area contributed by atoms with E-state index in [-0.39, 0.29) is 5.92 Å². The number of alkyl halides is 1. The van der Waals surface area contributed by atoms with Crippen molar-refractivity contribution < 1.29 is 8.78 Å². The van der Waals surface area contributed by atoms with Crippen molar-refractivity contribution >= 4 is 23.2 Å². The molecule has 0 radical (unpaired) electrons. The average molecular weight is 315 g/mol. The Morgan fingerprint density at radius 2 is 1.45 bits per heavy atom. The second kappa shape index (κ2) is 7.05. The van der Waals surface area contributed by atoms with Gasteiger partial charge in [0.05, 0.1) is 0 Å². The van der Waals surface area contributed by atoms with Crippen LogP contribution in [0.4, 0.5) is 8.78 Å². The normalized spacial score (nSPS) is 12.4. The average Bonchev–Trinajstić information content (AvgIpc) is 2.44. The van der Waals surface area contributed by atoms with Crippen LogP contribution in [0.25, 0.3) is 0 Å². The minimum Gasteiger partial charge on any atom is -0.204 e. The van der Waals surface area contributed by atoms with E-state index in [2.05, 4.69) is 0 Å². The first kappa shape index (κ1) is 15.3. The topological polar surface area (TPSA) is 0 Å². The van der Waals surface area contributed by atoms with Gasteiger partial charge in [0.15, 0.2) is 11.6 Å². The number of hydrogen-bond donors (Lipinski definition) is 0. The minimum atomic E-state index is -0.825. The van der Waals surface area contributed by atoms with Crippen molar-refractivity contribution in [3.63, 3.8) is 0 Å². The maximum absolute atomic E-state index is 13.2. The second-order valence-electron chi connectivity index (χ2n) is 4.80. The van der Waals surface area contributed by atoms with Gasteiger partial charge < -0.3 is 0 Å². The Morgan fingerprint density at radius 1 is 0.850 bits per heavy atom. The van der Waals surface area contributed by atoms with Gasteiger partial charge >= 0.3 is 0 Å². The summed E-state index contributed by atoms with van der Waals surface area (Å²) < 4.78 is 26.1. The van der Waals surface area contributed by atoms with Crippen LogP contribution >= 0.6 is 23.2 Å². The Labute approximate surface area is 127 Å². The Kier molecular flexibility index (Phi) is 5.38. The van der Waals surface area contributed by atoms with Crippen molar-refractivity contribution in [2.45, 2.75) is 12.8 Å². The maximum Gasteiger partial charge on any atom is 0.159 e. The highest BCUT2D eigenvalue weighted by atomic mass is 35.5. The molecule has 0 N–H and O–H groups in total. The summed E-state index contributed by atoms with van der Waals surface area (Å²) in [6.07, 6.45) is 1.39. The molecule has 2 aromatic carbocycles. The van der Waals surface area contributed by atoms with Crippen LogP contribution in [-0.4, -0.2) is 5.88 Å². The molecule has 2 aromatic rings. The van der Waals surface area contributed by atoms with E-state index in [0.717, 1.165) is 23.6 Å². The van der Waals surface area contributed by atoms with E-state index in [9.17, 15) is 8.78 Å². The van der Waals surface area contributed by atoms with Gasteiger partial charge in [-0.1, -0.05) is 29.8 Å². The summed E-state index contributed by atoms with van der Waals surface area (Å²) in [5, 5.41) is 0.691. The molecule has 20 heavy (non-hydrogen) atoms. The number of hydrogen-bond acceptors (Lipinski definition) is 0. The molecule has 0 aliphatic carbocycles. The molecular weight excluding hydrogens is 301 g/mol. The van der Waals surface area contributed by atoms with Crippen molar-refractivity contribution in [3.8, 4) is 0 Å². The summed E-state index contributed by atoms with van der Waals surface area (Å²) in [4.78, 5) is 0. The molecule has 2 rings (SSSR count). The SMILES string of the molecule is Fc1ccc(CC(CCl)Cc2ccc(Cl)cc2)cc1F. The molecule has 0 aliphatic rings. The Balaban J connectivity index is 2.04. The van der Waals surface area contributed by atoms with Crippen molar-refractivity contribution in [2.24, 2.45) is 5.92 Å². The highest BCUT2D eigenvalue weighted by molar-refractivity contribution is 6.30. The molecule has 0 aromatic heterocycles. The quantitative estimate of drug-likeness (QED) is 0.660. The Bertz CT molecular complexity index is 567. The largest absolute Gasteiger partial charge is 0.204 e. The molecule has 0 amide bonds. The molecule has 0 bridgehead atoms. The van der Waals surface area contributed by atoms with Gasteiger partial charge in [-0.05, 0) is 54.2 Å². The first-order chi connectivity index (χ1) is 9.58. The highest BCUT2D eigenvalue weighted by Crippen LogP contribution is 2.19. The molecule has 0 heterocycles. The molecule has 0 spiro atoms. The molecule has 0 nitrogen and oxygen atoms in total. The van der Waals surface area contributed by atoms with E-state index >= 15 is 0 Å². The van der Waals surface area contributed by atoms with Gasteiger partial charge in [0.25, 0.3) is 0 Å². The van der Waals surface area contributed by atoms with E-state index in [1.54, 1.807) is 6.07 Å². The van der Waals surface area contributed by atoms with Crippen LogP contribution in [0, 0.1) is 17.6 Å². The summed E-state index contributed by atoms with van der Waals surface area (Å²) in [7, 11) is 0. The third kappa shape index (κ3) is 4.19. The molecule has 0 aliphatic heterocycles. The molecule has 0 saturated carbocycles. The summed E-state index contributed by atoms with van der Waals surface area (Å²) in [6.45, 7) is 0. The molecule has 0 saturated heterocycles. The first-order valence-electron chi connectivity index (χ1n) is 6.33. The predicted octanol–water partition coefficient (Wildman–Crippen LogP) is 5.26. The number of benzene rings is 2. The van der Waals surface area contributed by atoms with Gasteiger partial charge in [-0.25, -0.2) is 8.78 Å². The van der Waals surface area contributed by atoms with Crippen molar-refractivity contribution in [2.75, 3.05) is 5.88 Å². The lowest BCUT2D eigenvalue weighted by molar-refractivity contribution is 0.503. The standard InChI is InChI=1S/C16H14Cl2F2/c17-10-13(7-11-1-4-14(18)5-2-11)8-12-3-6-15(19)16(20)9-12/h1-6,9,13H,7-8,10H2. The zero-order chi connectivity index (χ0) is 14.5. The third-order valence-corrected chi connectivity index (χ3v) is 3.85. The van der Waals surface area contributed by atoms with E-state index in [4.69, 9.17) is 23.2 Å². The van der Waals surface area contributed by atoms with E-state index in [0.29, 0.717) is 17.3 Å². The number of rotatable bonds is 5. The van der Waals surface area contributed by atoms with Crippen molar-refractivity contribution in [1.82, 2.24) is 0 Å². The van der Waals surface area contributed by atoms with Gasteiger partial charge in [0.1, 0.15) is 0 Å². The summed E-state index contributed by atoms with van der Waals surface area (Å²) in [6, 6.07) is 11.6. The number of halogens is 4.